The van der Waals surface area contributed by atoms with Gasteiger partial charge in [0.25, 0.3) is 11.6 Å². The first kappa shape index (κ1) is 21.0. The van der Waals surface area contributed by atoms with Crippen LogP contribution in [0.1, 0.15) is 25.8 Å². The average Bonchev–Trinajstić information content (AvgIpc) is 3.08. The second-order valence-corrected chi connectivity index (χ2v) is 10.8. The summed E-state index contributed by atoms with van der Waals surface area (Å²) in [7, 11) is 0. The molecule has 0 bridgehead atoms. The summed E-state index contributed by atoms with van der Waals surface area (Å²) in [6.07, 6.45) is 0.498. The number of non-ortho nitro benzene ring substituents is 1. The van der Waals surface area contributed by atoms with Crippen LogP contribution in [0, 0.1) is 10.1 Å². The number of hydrogen-bond donors (Lipinski definition) is 0. The Hall–Kier alpha value is -2.92. The highest BCUT2D eigenvalue weighted by Crippen LogP contribution is 2.72. The van der Waals surface area contributed by atoms with Crippen molar-refractivity contribution in [3.63, 3.8) is 0 Å². The minimum Gasteiger partial charge on any atom is -0.459 e. The van der Waals surface area contributed by atoms with Crippen LogP contribution >= 0.6 is 23.1 Å². The summed E-state index contributed by atoms with van der Waals surface area (Å²) in [5.41, 5.74) is -0.450. The molecular formula is C21H19N3O6S2. The van der Waals surface area contributed by atoms with Crippen molar-refractivity contribution >= 4 is 51.6 Å². The average molecular weight is 474 g/mol. The first-order valence-electron chi connectivity index (χ1n) is 9.94. The Bertz CT molecular complexity index is 1140. The molecule has 11 heteroatoms. The third kappa shape index (κ3) is 2.80. The maximum absolute atomic E-state index is 13.2. The number of rotatable bonds is 6. The van der Waals surface area contributed by atoms with Crippen molar-refractivity contribution in [2.75, 3.05) is 4.90 Å². The minimum atomic E-state index is -1.03. The molecule has 1 saturated carbocycles. The Balaban J connectivity index is 1.32. The quantitative estimate of drug-likeness (QED) is 0.275. The molecule has 0 N–H and O–H groups in total. The van der Waals surface area contributed by atoms with Crippen LogP contribution in [0.5, 0.6) is 0 Å². The normalized spacial score (nSPS) is 29.6. The summed E-state index contributed by atoms with van der Waals surface area (Å²) >= 11 is 2.93. The number of anilines is 1. The third-order valence-electron chi connectivity index (χ3n) is 6.37. The lowest BCUT2D eigenvalue weighted by Crippen LogP contribution is -2.72. The highest BCUT2D eigenvalue weighted by molar-refractivity contribution is 8.02. The first-order valence-corrected chi connectivity index (χ1v) is 11.7. The van der Waals surface area contributed by atoms with E-state index in [1.54, 1.807) is 22.7 Å². The van der Waals surface area contributed by atoms with Crippen molar-refractivity contribution < 1.29 is 24.0 Å². The van der Waals surface area contributed by atoms with Gasteiger partial charge in [0.1, 0.15) is 18.0 Å². The number of carbonyl (C=O) groups is 3. The number of nitrogens with zero attached hydrogens (tertiary/aromatic N) is 3. The van der Waals surface area contributed by atoms with Gasteiger partial charge < -0.3 is 9.64 Å². The molecule has 3 heterocycles. The smallest absolute Gasteiger partial charge is 0.333 e. The van der Waals surface area contributed by atoms with E-state index in [0.29, 0.717) is 17.0 Å². The van der Waals surface area contributed by atoms with E-state index in [9.17, 15) is 24.5 Å². The van der Waals surface area contributed by atoms with E-state index in [0.717, 1.165) is 0 Å². The number of ether oxygens (including phenoxy) is 1. The van der Waals surface area contributed by atoms with Crippen molar-refractivity contribution in [3.05, 3.63) is 57.5 Å². The molecule has 0 radical (unpaired) electrons. The van der Waals surface area contributed by atoms with Crippen LogP contribution in [-0.4, -0.2) is 49.3 Å². The van der Waals surface area contributed by atoms with Crippen molar-refractivity contribution in [3.8, 4) is 0 Å². The second kappa shape index (κ2) is 7.04. The lowest BCUT2D eigenvalue weighted by Gasteiger charge is -2.49. The van der Waals surface area contributed by atoms with Crippen LogP contribution in [0.15, 0.2) is 41.8 Å². The van der Waals surface area contributed by atoms with E-state index >= 15 is 0 Å². The Morgan fingerprint density at radius 1 is 1.31 bits per heavy atom. The number of nitro groups is 1. The van der Waals surface area contributed by atoms with Crippen molar-refractivity contribution in [1.82, 2.24) is 4.90 Å². The summed E-state index contributed by atoms with van der Waals surface area (Å²) in [6, 6.07) is 8.78. The molecule has 1 unspecified atom stereocenters. The summed E-state index contributed by atoms with van der Waals surface area (Å²) in [6.45, 7) is 3.34. The Morgan fingerprint density at radius 3 is 2.62 bits per heavy atom. The van der Waals surface area contributed by atoms with E-state index in [1.807, 2.05) is 18.4 Å². The highest BCUT2D eigenvalue weighted by atomic mass is 32.2. The molecule has 5 rings (SSSR count). The summed E-state index contributed by atoms with van der Waals surface area (Å²) in [5, 5.41) is 13.0. The van der Waals surface area contributed by atoms with E-state index in [4.69, 9.17) is 4.74 Å². The van der Waals surface area contributed by atoms with Gasteiger partial charge in [-0.05, 0) is 42.1 Å². The molecule has 2 saturated heterocycles. The summed E-state index contributed by atoms with van der Waals surface area (Å²) in [4.78, 5) is 52.1. The molecule has 2 aromatic rings. The molecule has 166 valence electrons. The van der Waals surface area contributed by atoms with Crippen molar-refractivity contribution in [1.29, 1.82) is 0 Å². The van der Waals surface area contributed by atoms with Gasteiger partial charge in [-0.2, -0.15) is 0 Å². The molecule has 9 nitrogen and oxygen atoms in total. The third-order valence-corrected chi connectivity index (χ3v) is 8.95. The second-order valence-electron chi connectivity index (χ2n) is 8.27. The van der Waals surface area contributed by atoms with Gasteiger partial charge in [0, 0.05) is 25.5 Å². The molecular weight excluding hydrogens is 454 g/mol. The standard InChI is InChI=1S/C21H19N3O6S2/c1-12(25)22(15-4-3-9-31-15)16-17(26)23-18(16)32-20(2)11-21(20,23)19(27)30-10-13-5-7-14(8-6-13)24(28)29/h3-9,16,18H,10-11H2,1-2H3/t16-,18-,20?,21+/m1/s1. The fourth-order valence-corrected chi connectivity index (χ4v) is 7.43. The number of carbonyl (C=O) groups excluding carboxylic acids is 3. The van der Waals surface area contributed by atoms with Gasteiger partial charge in [0.15, 0.2) is 5.54 Å². The van der Waals surface area contributed by atoms with Gasteiger partial charge in [0.05, 0.1) is 14.7 Å². The molecule has 0 spiro atoms. The zero-order valence-electron chi connectivity index (χ0n) is 17.2. The molecule has 2 amide bonds. The minimum absolute atomic E-state index is 0.0375. The SMILES string of the molecule is CC(=O)N(c1cccs1)[C@@H]1C(=O)N2[C@@H]1SC1(C)C[C@@]21C(=O)OCc1ccc([N+](=O)[O-])cc1. The zero-order chi connectivity index (χ0) is 22.8. The Labute approximate surface area is 191 Å². The topological polar surface area (TPSA) is 110 Å². The lowest BCUT2D eigenvalue weighted by atomic mass is 9.99. The van der Waals surface area contributed by atoms with Gasteiger partial charge in [-0.3, -0.25) is 24.6 Å². The summed E-state index contributed by atoms with van der Waals surface area (Å²) in [5.74, 6) is -0.947. The number of amides is 2. The zero-order valence-corrected chi connectivity index (χ0v) is 18.9. The highest BCUT2D eigenvalue weighted by Gasteiger charge is 2.85. The monoisotopic (exact) mass is 473 g/mol. The van der Waals surface area contributed by atoms with Gasteiger partial charge in [-0.25, -0.2) is 4.79 Å². The van der Waals surface area contributed by atoms with E-state index < -0.39 is 27.2 Å². The predicted molar refractivity (Wildman–Crippen MR) is 118 cm³/mol. The largest absolute Gasteiger partial charge is 0.459 e. The fourth-order valence-electron chi connectivity index (χ4n) is 4.66. The molecule has 1 aromatic carbocycles. The van der Waals surface area contributed by atoms with Gasteiger partial charge >= 0.3 is 5.97 Å². The van der Waals surface area contributed by atoms with E-state index in [2.05, 4.69) is 0 Å². The fraction of sp³-hybridized carbons (Fsp3) is 0.381. The van der Waals surface area contributed by atoms with Gasteiger partial charge in [-0.15, -0.1) is 23.1 Å². The number of β-lactam (4-membered cyclic amide) rings is 1. The van der Waals surface area contributed by atoms with E-state index in [1.165, 1.54) is 47.4 Å². The van der Waals surface area contributed by atoms with Crippen LogP contribution in [-0.2, 0) is 25.7 Å². The number of thiophene rings is 1. The maximum atomic E-state index is 13.2. The molecule has 4 atom stereocenters. The van der Waals surface area contributed by atoms with E-state index in [-0.39, 0.29) is 29.5 Å². The maximum Gasteiger partial charge on any atom is 0.333 e. The molecule has 32 heavy (non-hydrogen) atoms. The number of hydrogen-bond acceptors (Lipinski definition) is 8. The van der Waals surface area contributed by atoms with Gasteiger partial charge in [0.2, 0.25) is 5.91 Å². The first-order chi connectivity index (χ1) is 15.2. The lowest BCUT2D eigenvalue weighted by molar-refractivity contribution is -0.384. The number of esters is 1. The van der Waals surface area contributed by atoms with Crippen LogP contribution in [0.4, 0.5) is 10.7 Å². The Kier molecular flexibility index (Phi) is 4.61. The van der Waals surface area contributed by atoms with Crippen LogP contribution in [0.3, 0.4) is 0 Å². The van der Waals surface area contributed by atoms with Crippen LogP contribution < -0.4 is 4.90 Å². The number of fused-ring (bicyclic) bond motifs is 3. The molecule has 3 fully saturated rings. The van der Waals surface area contributed by atoms with Crippen LogP contribution in [0.2, 0.25) is 0 Å². The van der Waals surface area contributed by atoms with Crippen molar-refractivity contribution in [2.24, 2.45) is 0 Å². The number of benzene rings is 1. The van der Waals surface area contributed by atoms with Crippen LogP contribution in [0.25, 0.3) is 0 Å². The van der Waals surface area contributed by atoms with Gasteiger partial charge in [-0.1, -0.05) is 0 Å². The molecule has 2 aliphatic heterocycles. The van der Waals surface area contributed by atoms with Crippen molar-refractivity contribution in [2.45, 2.75) is 48.6 Å². The summed E-state index contributed by atoms with van der Waals surface area (Å²) < 4.78 is 5.08. The Morgan fingerprint density at radius 2 is 2.03 bits per heavy atom. The molecule has 1 aliphatic carbocycles. The number of nitro benzene ring substituents is 1. The number of thioether (sulfide) groups is 1. The molecule has 3 aliphatic rings. The molecule has 1 aromatic heterocycles. The predicted octanol–water partition coefficient (Wildman–Crippen LogP) is 2.94.